The largest absolute Gasteiger partial charge is 0.496 e. The molecule has 0 saturated heterocycles. The lowest BCUT2D eigenvalue weighted by atomic mass is 10.0. The second kappa shape index (κ2) is 6.13. The standard InChI is InChI=1S/C15H13BrFNO3/c1-20-13-7-12(16)14(21-2)6-11(13)15(19)8-3-9(17)5-10(18)4-8/h3-7H,18H2,1-2H3. The van der Waals surface area contributed by atoms with Crippen LogP contribution >= 0.6 is 15.9 Å². The molecule has 0 aliphatic carbocycles. The third kappa shape index (κ3) is 3.16. The van der Waals surface area contributed by atoms with Crippen molar-refractivity contribution in [2.75, 3.05) is 20.0 Å². The molecule has 6 heteroatoms. The van der Waals surface area contributed by atoms with Gasteiger partial charge in [0.2, 0.25) is 0 Å². The summed E-state index contributed by atoms with van der Waals surface area (Å²) in [5, 5.41) is 0. The smallest absolute Gasteiger partial charge is 0.197 e. The number of nitrogens with two attached hydrogens (primary N) is 1. The van der Waals surface area contributed by atoms with Crippen molar-refractivity contribution >= 4 is 27.4 Å². The molecule has 2 rings (SSSR count). The summed E-state index contributed by atoms with van der Waals surface area (Å²) in [7, 11) is 2.94. The molecule has 0 atom stereocenters. The van der Waals surface area contributed by atoms with E-state index in [1.165, 1.54) is 26.4 Å². The molecule has 0 bridgehead atoms. The number of ether oxygens (including phenoxy) is 2. The fourth-order valence-corrected chi connectivity index (χ4v) is 2.42. The minimum Gasteiger partial charge on any atom is -0.496 e. The quantitative estimate of drug-likeness (QED) is 0.675. The Morgan fingerprint density at radius 2 is 1.76 bits per heavy atom. The van der Waals surface area contributed by atoms with E-state index in [-0.39, 0.29) is 16.8 Å². The van der Waals surface area contributed by atoms with Gasteiger partial charge in [-0.3, -0.25) is 4.79 Å². The van der Waals surface area contributed by atoms with E-state index in [0.717, 1.165) is 12.1 Å². The summed E-state index contributed by atoms with van der Waals surface area (Å²) in [5.74, 6) is -0.135. The van der Waals surface area contributed by atoms with Gasteiger partial charge in [-0.25, -0.2) is 4.39 Å². The van der Waals surface area contributed by atoms with Crippen molar-refractivity contribution in [3.8, 4) is 11.5 Å². The van der Waals surface area contributed by atoms with Gasteiger partial charge < -0.3 is 15.2 Å². The number of rotatable bonds is 4. The Hall–Kier alpha value is -2.08. The second-order valence-corrected chi connectivity index (χ2v) is 5.14. The van der Waals surface area contributed by atoms with Crippen LogP contribution in [0.15, 0.2) is 34.8 Å². The first-order chi connectivity index (χ1) is 9.96. The number of carbonyl (C=O) groups is 1. The van der Waals surface area contributed by atoms with Gasteiger partial charge in [0.25, 0.3) is 0 Å². The van der Waals surface area contributed by atoms with Gasteiger partial charge in [0.1, 0.15) is 17.3 Å². The molecule has 21 heavy (non-hydrogen) atoms. The van der Waals surface area contributed by atoms with Crippen LogP contribution in [0.4, 0.5) is 10.1 Å². The van der Waals surface area contributed by atoms with Crippen LogP contribution in [0.3, 0.4) is 0 Å². The zero-order chi connectivity index (χ0) is 15.6. The molecule has 0 radical (unpaired) electrons. The maximum absolute atomic E-state index is 13.4. The van der Waals surface area contributed by atoms with Crippen molar-refractivity contribution in [3.05, 3.63) is 51.7 Å². The minimum atomic E-state index is -0.568. The fraction of sp³-hybridized carbons (Fsp3) is 0.133. The number of halogens is 2. The van der Waals surface area contributed by atoms with Gasteiger partial charge in [-0.1, -0.05) is 0 Å². The molecule has 110 valence electrons. The molecule has 2 aromatic rings. The molecule has 0 aliphatic rings. The fourth-order valence-electron chi connectivity index (χ4n) is 1.94. The van der Waals surface area contributed by atoms with E-state index in [2.05, 4.69) is 15.9 Å². The van der Waals surface area contributed by atoms with E-state index in [9.17, 15) is 9.18 Å². The van der Waals surface area contributed by atoms with Crippen LogP contribution in [-0.2, 0) is 0 Å². The summed E-state index contributed by atoms with van der Waals surface area (Å²) < 4.78 is 24.4. The maximum Gasteiger partial charge on any atom is 0.197 e. The number of hydrogen-bond acceptors (Lipinski definition) is 4. The molecule has 0 aliphatic heterocycles. The lowest BCUT2D eigenvalue weighted by molar-refractivity contribution is 0.103. The molecule has 0 amide bonds. The van der Waals surface area contributed by atoms with Crippen molar-refractivity contribution < 1.29 is 18.7 Å². The zero-order valence-electron chi connectivity index (χ0n) is 11.4. The van der Waals surface area contributed by atoms with Gasteiger partial charge in [-0.2, -0.15) is 0 Å². The highest BCUT2D eigenvalue weighted by Crippen LogP contribution is 2.34. The first-order valence-electron chi connectivity index (χ1n) is 5.98. The molecule has 0 aromatic heterocycles. The number of carbonyl (C=O) groups excluding carboxylic acids is 1. The highest BCUT2D eigenvalue weighted by Gasteiger charge is 2.18. The van der Waals surface area contributed by atoms with E-state index in [0.29, 0.717) is 16.0 Å². The number of anilines is 1. The topological polar surface area (TPSA) is 61.5 Å². The summed E-state index contributed by atoms with van der Waals surface area (Å²) >= 11 is 3.31. The average molecular weight is 354 g/mol. The lowest BCUT2D eigenvalue weighted by Gasteiger charge is -2.12. The van der Waals surface area contributed by atoms with Crippen LogP contribution in [0, 0.1) is 5.82 Å². The minimum absolute atomic E-state index is 0.148. The molecule has 4 nitrogen and oxygen atoms in total. The third-order valence-electron chi connectivity index (χ3n) is 2.90. The Labute approximate surface area is 129 Å². The summed E-state index contributed by atoms with van der Waals surface area (Å²) in [4.78, 5) is 12.5. The van der Waals surface area contributed by atoms with Gasteiger partial charge in [0.15, 0.2) is 5.78 Å². The first-order valence-corrected chi connectivity index (χ1v) is 6.78. The Bertz CT molecular complexity index is 683. The molecular formula is C15H13BrFNO3. The summed E-state index contributed by atoms with van der Waals surface area (Å²) in [6.45, 7) is 0. The van der Waals surface area contributed by atoms with E-state index in [4.69, 9.17) is 15.2 Å². The monoisotopic (exact) mass is 353 g/mol. The van der Waals surface area contributed by atoms with Crippen molar-refractivity contribution in [1.29, 1.82) is 0 Å². The molecular weight excluding hydrogens is 341 g/mol. The summed E-state index contributed by atoms with van der Waals surface area (Å²) in [6.07, 6.45) is 0. The molecule has 0 saturated carbocycles. The Kier molecular flexibility index (Phi) is 4.47. The molecule has 0 spiro atoms. The lowest BCUT2D eigenvalue weighted by Crippen LogP contribution is -2.06. The predicted molar refractivity (Wildman–Crippen MR) is 81.5 cm³/mol. The van der Waals surface area contributed by atoms with Gasteiger partial charge in [0.05, 0.1) is 24.3 Å². The van der Waals surface area contributed by atoms with E-state index >= 15 is 0 Å². The van der Waals surface area contributed by atoms with Crippen LogP contribution in [0.5, 0.6) is 11.5 Å². The molecule has 0 fully saturated rings. The maximum atomic E-state index is 13.4. The zero-order valence-corrected chi connectivity index (χ0v) is 13.0. The van der Waals surface area contributed by atoms with E-state index in [1.54, 1.807) is 6.07 Å². The highest BCUT2D eigenvalue weighted by atomic mass is 79.9. The highest BCUT2D eigenvalue weighted by molar-refractivity contribution is 9.10. The second-order valence-electron chi connectivity index (χ2n) is 4.29. The van der Waals surface area contributed by atoms with Crippen LogP contribution in [0.1, 0.15) is 15.9 Å². The van der Waals surface area contributed by atoms with Crippen molar-refractivity contribution in [1.82, 2.24) is 0 Å². The molecule has 0 unspecified atom stereocenters. The number of ketones is 1. The van der Waals surface area contributed by atoms with Crippen molar-refractivity contribution in [2.45, 2.75) is 0 Å². The Balaban J connectivity index is 2.56. The average Bonchev–Trinajstić information content (AvgIpc) is 2.45. The van der Waals surface area contributed by atoms with Crippen LogP contribution < -0.4 is 15.2 Å². The van der Waals surface area contributed by atoms with Crippen LogP contribution in [0.2, 0.25) is 0 Å². The van der Waals surface area contributed by atoms with Gasteiger partial charge >= 0.3 is 0 Å². The molecule has 2 N–H and O–H groups in total. The third-order valence-corrected chi connectivity index (χ3v) is 3.52. The molecule has 2 aromatic carbocycles. The number of hydrogen-bond donors (Lipinski definition) is 1. The number of methoxy groups -OCH3 is 2. The number of nitrogen functional groups attached to an aromatic ring is 1. The van der Waals surface area contributed by atoms with Crippen LogP contribution in [0.25, 0.3) is 0 Å². The normalized spacial score (nSPS) is 10.3. The van der Waals surface area contributed by atoms with E-state index < -0.39 is 11.6 Å². The predicted octanol–water partition coefficient (Wildman–Crippen LogP) is 3.42. The molecule has 0 heterocycles. The van der Waals surface area contributed by atoms with E-state index in [1.807, 2.05) is 0 Å². The van der Waals surface area contributed by atoms with Gasteiger partial charge in [0, 0.05) is 11.3 Å². The Morgan fingerprint density at radius 1 is 1.10 bits per heavy atom. The first kappa shape index (κ1) is 15.3. The summed E-state index contributed by atoms with van der Waals surface area (Å²) in [5.41, 5.74) is 6.17. The number of benzene rings is 2. The van der Waals surface area contributed by atoms with Gasteiger partial charge in [-0.05, 0) is 46.3 Å². The summed E-state index contributed by atoms with van der Waals surface area (Å²) in [6, 6.07) is 6.85. The SMILES string of the molecule is COc1cc(C(=O)c2cc(N)cc(F)c2)c(OC)cc1Br. The Morgan fingerprint density at radius 3 is 2.33 bits per heavy atom. The van der Waals surface area contributed by atoms with Crippen LogP contribution in [-0.4, -0.2) is 20.0 Å². The van der Waals surface area contributed by atoms with Crippen molar-refractivity contribution in [2.24, 2.45) is 0 Å². The van der Waals surface area contributed by atoms with Crippen molar-refractivity contribution in [3.63, 3.8) is 0 Å². The van der Waals surface area contributed by atoms with Gasteiger partial charge in [-0.15, -0.1) is 0 Å².